The zero-order valence-corrected chi connectivity index (χ0v) is 10.1. The molecule has 0 rings (SSSR count). The molecule has 0 fully saturated rings. The monoisotopic (exact) mass is 302 g/mol. The number of rotatable bonds is 2. The number of nitrogens with one attached hydrogen (secondary N) is 2. The largest absolute Gasteiger partial charge is 0.394 e. The van der Waals surface area contributed by atoms with Crippen LogP contribution < -0.4 is 33.8 Å². The second-order valence-electron chi connectivity index (χ2n) is 2.02. The quantitative estimate of drug-likeness (QED) is 0.0829. The van der Waals surface area contributed by atoms with Crippen molar-refractivity contribution in [2.75, 3.05) is 0 Å². The van der Waals surface area contributed by atoms with Gasteiger partial charge in [0.25, 0.3) is 0 Å². The first kappa shape index (κ1) is 21.6. The number of hydrazone groups is 2. The Hall–Kier alpha value is -2.65. The summed E-state index contributed by atoms with van der Waals surface area (Å²) >= 11 is 0. The van der Waals surface area contributed by atoms with Crippen molar-refractivity contribution < 1.29 is 27.1 Å². The fourth-order valence-corrected chi connectivity index (χ4v) is 0.202. The molecule has 0 radical (unpaired) electrons. The lowest BCUT2D eigenvalue weighted by molar-refractivity contribution is 0.252. The van der Waals surface area contributed by atoms with Gasteiger partial charge in [0.1, 0.15) is 12.7 Å². The molecule has 0 saturated carbocycles. The van der Waals surface area contributed by atoms with E-state index < -0.39 is 22.5 Å². The molecule has 0 bridgehead atoms. The van der Waals surface area contributed by atoms with Crippen molar-refractivity contribution in [3.05, 3.63) is 0 Å². The van der Waals surface area contributed by atoms with Gasteiger partial charge in [-0.25, -0.2) is 9.59 Å². The zero-order chi connectivity index (χ0) is 15.9. The summed E-state index contributed by atoms with van der Waals surface area (Å²) in [5, 5.41) is 9.91. The van der Waals surface area contributed by atoms with Crippen LogP contribution in [0.15, 0.2) is 10.2 Å². The summed E-state index contributed by atoms with van der Waals surface area (Å²) in [5.74, 6) is 9.15. The Morgan fingerprint density at radius 3 is 1.21 bits per heavy atom. The van der Waals surface area contributed by atoms with Gasteiger partial charge in [0, 0.05) is 0 Å². The summed E-state index contributed by atoms with van der Waals surface area (Å²) in [5.41, 5.74) is 9.16. The van der Waals surface area contributed by atoms with E-state index in [1.54, 1.807) is 0 Å². The molecule has 0 aromatic heterocycles. The average molecular weight is 302 g/mol. The number of carbonyl (C=O) groups excluding carboxylic acids is 2. The normalized spacial score (nSPS) is 9.79. The predicted octanol–water partition coefficient (Wildman–Crippen LogP) is -3.54. The number of nitrogens with two attached hydrogens (primary N) is 4. The molecular weight excluding hydrogens is 288 g/mol. The van der Waals surface area contributed by atoms with Gasteiger partial charge in [0.05, 0.1) is 0 Å². The van der Waals surface area contributed by atoms with Crippen molar-refractivity contribution >= 4 is 35.1 Å². The highest BCUT2D eigenvalue weighted by molar-refractivity contribution is 7.79. The lowest BCUT2D eigenvalue weighted by atomic mass is 11.0. The van der Waals surface area contributed by atoms with Gasteiger partial charge in [-0.15, -0.1) is 0 Å². The van der Waals surface area contributed by atoms with E-state index in [9.17, 15) is 9.59 Å². The summed E-state index contributed by atoms with van der Waals surface area (Å²) in [7, 11) is -4.67. The van der Waals surface area contributed by atoms with Crippen LogP contribution in [-0.4, -0.2) is 42.3 Å². The Bertz CT molecular complexity index is 371. The van der Waals surface area contributed by atoms with Crippen molar-refractivity contribution in [2.24, 2.45) is 33.4 Å². The lowest BCUT2D eigenvalue weighted by Crippen LogP contribution is -2.28. The topological polar surface area (TPSA) is 262 Å². The number of hydrogen-bond acceptors (Lipinski definition) is 8. The Kier molecular flexibility index (Phi) is 15.3. The van der Waals surface area contributed by atoms with Crippen LogP contribution in [0.2, 0.25) is 0 Å². The van der Waals surface area contributed by atoms with E-state index in [1.165, 1.54) is 0 Å². The summed E-state index contributed by atoms with van der Waals surface area (Å²) < 4.78 is 31.6. The molecule has 12 N–H and O–H groups in total. The van der Waals surface area contributed by atoms with E-state index in [1.807, 2.05) is 10.6 Å². The van der Waals surface area contributed by atoms with Crippen LogP contribution in [0.4, 0.5) is 9.59 Å². The number of urea groups is 2. The minimum atomic E-state index is -4.67. The molecule has 0 aromatic rings. The Balaban J connectivity index is -0.000000206. The maximum absolute atomic E-state index is 9.72. The van der Waals surface area contributed by atoms with E-state index in [-0.39, 0.29) is 0 Å². The molecule has 4 amide bonds. The highest BCUT2D eigenvalue weighted by Gasteiger charge is 1.84. The van der Waals surface area contributed by atoms with Crippen molar-refractivity contribution in [1.29, 1.82) is 0 Å². The molecule has 15 heteroatoms. The third-order valence-electron chi connectivity index (χ3n) is 0.563. The molecule has 19 heavy (non-hydrogen) atoms. The maximum atomic E-state index is 9.72. The van der Waals surface area contributed by atoms with Gasteiger partial charge in [0.15, 0.2) is 0 Å². The summed E-state index contributed by atoms with van der Waals surface area (Å²) in [6.45, 7) is 0. The Morgan fingerprint density at radius 2 is 1.16 bits per heavy atom. The van der Waals surface area contributed by atoms with Crippen LogP contribution in [0.3, 0.4) is 0 Å². The van der Waals surface area contributed by atoms with Gasteiger partial charge in [-0.05, 0) is 0 Å². The summed E-state index contributed by atoms with van der Waals surface area (Å²) in [6.07, 6.45) is 2.00. The molecule has 0 spiro atoms. The van der Waals surface area contributed by atoms with Crippen LogP contribution >= 0.6 is 0 Å². The van der Waals surface area contributed by atoms with Crippen LogP contribution in [0.25, 0.3) is 0 Å². The summed E-state index contributed by atoms with van der Waals surface area (Å²) in [6, 6.07) is -1.34. The second kappa shape index (κ2) is 13.4. The van der Waals surface area contributed by atoms with Crippen molar-refractivity contribution in [3.63, 3.8) is 0 Å². The van der Waals surface area contributed by atoms with Gasteiger partial charge in [-0.3, -0.25) is 19.7 Å². The first-order valence-corrected chi connectivity index (χ1v) is 5.19. The molecular formula is C4H14N8O6S. The second-order valence-corrected chi connectivity index (χ2v) is 2.92. The smallest absolute Gasteiger partial charge is 0.351 e. The zero-order valence-electron chi connectivity index (χ0n) is 9.29. The van der Waals surface area contributed by atoms with E-state index in [4.69, 9.17) is 17.5 Å². The molecule has 14 nitrogen and oxygen atoms in total. The highest BCUT2D eigenvalue weighted by Crippen LogP contribution is 1.59. The average Bonchev–Trinajstić information content (AvgIpc) is 2.22. The molecule has 112 valence electrons. The molecule has 0 aliphatic carbocycles. The number of nitrogens with zero attached hydrogens (tertiary/aromatic N) is 2. The molecule has 0 heterocycles. The molecule has 0 aliphatic rings. The standard InChI is InChI=1S/2C2H6N4O.H2O4S/c2*3-2(7)5-1-6-4;1-5(2,3)4/h2*1H,4H2,(H3,3,5,6,7);(H2,1,2,3,4). The first-order chi connectivity index (χ1) is 8.54. The van der Waals surface area contributed by atoms with Gasteiger partial charge in [-0.2, -0.15) is 18.6 Å². The van der Waals surface area contributed by atoms with E-state index in [2.05, 4.69) is 33.4 Å². The fraction of sp³-hybridized carbons (Fsp3) is 0. The van der Waals surface area contributed by atoms with Crippen LogP contribution in [0, 0.1) is 0 Å². The number of carbonyl (C=O) groups is 2. The van der Waals surface area contributed by atoms with Gasteiger partial charge >= 0.3 is 22.5 Å². The molecule has 0 unspecified atom stereocenters. The predicted molar refractivity (Wildman–Crippen MR) is 65.0 cm³/mol. The first-order valence-electron chi connectivity index (χ1n) is 3.79. The van der Waals surface area contributed by atoms with Crippen LogP contribution in [0.5, 0.6) is 0 Å². The molecule has 0 atom stereocenters. The number of hydrogen-bond donors (Lipinski definition) is 8. The van der Waals surface area contributed by atoms with Gasteiger partial charge in [0.2, 0.25) is 0 Å². The van der Waals surface area contributed by atoms with Crippen molar-refractivity contribution in [3.8, 4) is 0 Å². The highest BCUT2D eigenvalue weighted by atomic mass is 32.3. The molecule has 0 aliphatic heterocycles. The lowest BCUT2D eigenvalue weighted by Gasteiger charge is -1.84. The molecule has 0 saturated heterocycles. The van der Waals surface area contributed by atoms with E-state index >= 15 is 0 Å². The maximum Gasteiger partial charge on any atom is 0.394 e. The van der Waals surface area contributed by atoms with Crippen molar-refractivity contribution in [2.45, 2.75) is 0 Å². The third-order valence-corrected chi connectivity index (χ3v) is 0.563. The summed E-state index contributed by atoms with van der Waals surface area (Å²) in [4.78, 5) is 19.4. The number of primary amides is 2. The minimum absolute atomic E-state index is 0.672. The Morgan fingerprint density at radius 1 is 0.947 bits per heavy atom. The molecule has 0 aromatic carbocycles. The van der Waals surface area contributed by atoms with Crippen molar-refractivity contribution in [1.82, 2.24) is 10.6 Å². The third kappa shape index (κ3) is 95.6. The number of amides is 4. The van der Waals surface area contributed by atoms with E-state index in [0.29, 0.717) is 0 Å². The van der Waals surface area contributed by atoms with Crippen LogP contribution in [-0.2, 0) is 10.4 Å². The van der Waals surface area contributed by atoms with Gasteiger partial charge < -0.3 is 23.2 Å². The van der Waals surface area contributed by atoms with Crippen LogP contribution in [0.1, 0.15) is 0 Å². The van der Waals surface area contributed by atoms with E-state index in [0.717, 1.165) is 12.7 Å². The SMILES string of the molecule is NN=CNC(N)=O.NN=CNC(N)=O.O=S(=O)(O)O. The Labute approximate surface area is 107 Å². The minimum Gasteiger partial charge on any atom is -0.351 e. The fourth-order valence-electron chi connectivity index (χ4n) is 0.202. The van der Waals surface area contributed by atoms with Gasteiger partial charge in [-0.1, -0.05) is 0 Å².